The fraction of sp³-hybridized carbons (Fsp3) is 0.600. The van der Waals surface area contributed by atoms with Crippen LogP contribution in [0.5, 0.6) is 0 Å². The Morgan fingerprint density at radius 3 is 3.21 bits per heavy atom. The number of rotatable bonds is 4. The molecule has 0 saturated carbocycles. The van der Waals surface area contributed by atoms with E-state index in [-0.39, 0.29) is 6.61 Å². The van der Waals surface area contributed by atoms with Gasteiger partial charge >= 0.3 is 0 Å². The standard InChI is InChI=1S/C15H21NO2S/c1-2-18-13-5-3-9-16(11-13)12-15-8-7-14(19-15)6-4-10-17/h7-8,13,17H,2-3,5,9-12H2,1H3. The van der Waals surface area contributed by atoms with Crippen LogP contribution in [-0.2, 0) is 11.3 Å². The van der Waals surface area contributed by atoms with Gasteiger partial charge in [0, 0.05) is 24.6 Å². The van der Waals surface area contributed by atoms with Crippen LogP contribution < -0.4 is 0 Å². The summed E-state index contributed by atoms with van der Waals surface area (Å²) in [5.41, 5.74) is 0. The maximum absolute atomic E-state index is 8.68. The van der Waals surface area contributed by atoms with Crippen molar-refractivity contribution in [1.29, 1.82) is 0 Å². The van der Waals surface area contributed by atoms with Crippen LogP contribution in [-0.4, -0.2) is 42.4 Å². The zero-order valence-electron chi connectivity index (χ0n) is 11.4. The average molecular weight is 279 g/mol. The lowest BCUT2D eigenvalue weighted by Gasteiger charge is -2.32. The summed E-state index contributed by atoms with van der Waals surface area (Å²) in [5, 5.41) is 8.68. The highest BCUT2D eigenvalue weighted by atomic mass is 32.1. The van der Waals surface area contributed by atoms with E-state index in [1.165, 1.54) is 17.7 Å². The molecule has 4 heteroatoms. The number of aliphatic hydroxyl groups excluding tert-OH is 1. The number of thiophene rings is 1. The van der Waals surface area contributed by atoms with Gasteiger partial charge in [0.2, 0.25) is 0 Å². The lowest BCUT2D eigenvalue weighted by atomic mass is 10.1. The molecule has 1 atom stereocenters. The number of nitrogens with zero attached hydrogens (tertiary/aromatic N) is 1. The van der Waals surface area contributed by atoms with Crippen molar-refractivity contribution in [2.75, 3.05) is 26.3 Å². The number of likely N-dealkylation sites (tertiary alicyclic amines) is 1. The lowest BCUT2D eigenvalue weighted by molar-refractivity contribution is 0.00390. The highest BCUT2D eigenvalue weighted by Gasteiger charge is 2.20. The molecular formula is C15H21NO2S. The first-order valence-electron chi connectivity index (χ1n) is 6.84. The van der Waals surface area contributed by atoms with E-state index < -0.39 is 0 Å². The molecule has 1 fully saturated rings. The Morgan fingerprint density at radius 1 is 1.53 bits per heavy atom. The average Bonchev–Trinajstić information content (AvgIpc) is 2.85. The van der Waals surface area contributed by atoms with Gasteiger partial charge in [0.15, 0.2) is 0 Å². The largest absolute Gasteiger partial charge is 0.384 e. The number of hydrogen-bond donors (Lipinski definition) is 1. The van der Waals surface area contributed by atoms with Gasteiger partial charge in [-0.2, -0.15) is 0 Å². The summed E-state index contributed by atoms with van der Waals surface area (Å²) < 4.78 is 5.72. The summed E-state index contributed by atoms with van der Waals surface area (Å²) in [7, 11) is 0. The molecule has 104 valence electrons. The van der Waals surface area contributed by atoms with Gasteiger partial charge < -0.3 is 9.84 Å². The van der Waals surface area contributed by atoms with Crippen molar-refractivity contribution in [2.45, 2.75) is 32.4 Å². The quantitative estimate of drug-likeness (QED) is 0.857. The van der Waals surface area contributed by atoms with Gasteiger partial charge in [-0.05, 0) is 38.4 Å². The Balaban J connectivity index is 1.88. The molecule has 2 rings (SSSR count). The Morgan fingerprint density at radius 2 is 2.42 bits per heavy atom. The molecule has 1 aliphatic heterocycles. The predicted molar refractivity (Wildman–Crippen MR) is 78.2 cm³/mol. The first-order chi connectivity index (χ1) is 9.31. The van der Waals surface area contributed by atoms with Crippen molar-refractivity contribution in [3.8, 4) is 11.8 Å². The van der Waals surface area contributed by atoms with Crippen molar-refractivity contribution >= 4 is 11.3 Å². The molecule has 1 aliphatic rings. The minimum absolute atomic E-state index is 0.0740. The van der Waals surface area contributed by atoms with Crippen LogP contribution >= 0.6 is 11.3 Å². The van der Waals surface area contributed by atoms with E-state index in [1.807, 2.05) is 6.07 Å². The minimum Gasteiger partial charge on any atom is -0.384 e. The van der Waals surface area contributed by atoms with Crippen LogP contribution in [0.25, 0.3) is 0 Å². The first kappa shape index (κ1) is 14.5. The summed E-state index contributed by atoms with van der Waals surface area (Å²) >= 11 is 1.71. The van der Waals surface area contributed by atoms with Crippen LogP contribution in [0.15, 0.2) is 12.1 Å². The third kappa shape index (κ3) is 4.63. The van der Waals surface area contributed by atoms with E-state index in [4.69, 9.17) is 9.84 Å². The fourth-order valence-corrected chi connectivity index (χ4v) is 3.33. The molecule has 1 aromatic heterocycles. The van der Waals surface area contributed by atoms with Crippen molar-refractivity contribution in [1.82, 2.24) is 4.90 Å². The summed E-state index contributed by atoms with van der Waals surface area (Å²) in [4.78, 5) is 4.82. The topological polar surface area (TPSA) is 32.7 Å². The van der Waals surface area contributed by atoms with Crippen LogP contribution in [0.3, 0.4) is 0 Å². The van der Waals surface area contributed by atoms with Crippen LogP contribution in [0.1, 0.15) is 29.5 Å². The SMILES string of the molecule is CCOC1CCCN(Cc2ccc(C#CCO)s2)C1. The molecule has 19 heavy (non-hydrogen) atoms. The molecule has 1 N–H and O–H groups in total. The molecule has 0 bridgehead atoms. The molecule has 0 aromatic carbocycles. The monoisotopic (exact) mass is 279 g/mol. The second-order valence-corrected chi connectivity index (χ2v) is 5.85. The molecule has 1 unspecified atom stereocenters. The third-order valence-corrected chi connectivity index (χ3v) is 4.18. The smallest absolute Gasteiger partial charge is 0.104 e. The molecule has 0 amide bonds. The van der Waals surface area contributed by atoms with E-state index in [0.717, 1.165) is 31.1 Å². The van der Waals surface area contributed by atoms with Crippen molar-refractivity contribution < 1.29 is 9.84 Å². The Bertz CT molecular complexity index is 444. The highest BCUT2D eigenvalue weighted by molar-refractivity contribution is 7.12. The van der Waals surface area contributed by atoms with Crippen LogP contribution in [0, 0.1) is 11.8 Å². The van der Waals surface area contributed by atoms with Gasteiger partial charge in [0.25, 0.3) is 0 Å². The first-order valence-corrected chi connectivity index (χ1v) is 7.66. The molecular weight excluding hydrogens is 258 g/mol. The van der Waals surface area contributed by atoms with Gasteiger partial charge in [-0.3, -0.25) is 4.90 Å². The molecule has 0 spiro atoms. The van der Waals surface area contributed by atoms with Crippen molar-refractivity contribution in [2.24, 2.45) is 0 Å². The van der Waals surface area contributed by atoms with E-state index in [2.05, 4.69) is 29.7 Å². The number of ether oxygens (including phenoxy) is 1. The summed E-state index contributed by atoms with van der Waals surface area (Å²) in [6.07, 6.45) is 2.79. The molecule has 0 aliphatic carbocycles. The maximum Gasteiger partial charge on any atom is 0.104 e. The second-order valence-electron chi connectivity index (χ2n) is 4.68. The van der Waals surface area contributed by atoms with Gasteiger partial charge in [0.05, 0.1) is 11.0 Å². The lowest BCUT2D eigenvalue weighted by Crippen LogP contribution is -2.39. The van der Waals surface area contributed by atoms with E-state index >= 15 is 0 Å². The highest BCUT2D eigenvalue weighted by Crippen LogP contribution is 2.20. The van der Waals surface area contributed by atoms with Gasteiger partial charge in [-0.25, -0.2) is 0 Å². The Labute approximate surface area is 119 Å². The Kier molecular flexibility index (Phi) is 5.87. The molecule has 3 nitrogen and oxygen atoms in total. The van der Waals surface area contributed by atoms with Crippen LogP contribution in [0.4, 0.5) is 0 Å². The van der Waals surface area contributed by atoms with E-state index in [9.17, 15) is 0 Å². The number of piperidine rings is 1. The van der Waals surface area contributed by atoms with Crippen molar-refractivity contribution in [3.63, 3.8) is 0 Å². The predicted octanol–water partition coefficient (Wildman–Crippen LogP) is 2.09. The summed E-state index contributed by atoms with van der Waals surface area (Å²) in [5.74, 6) is 5.64. The van der Waals surface area contributed by atoms with Gasteiger partial charge in [0.1, 0.15) is 6.61 Å². The molecule has 0 radical (unpaired) electrons. The van der Waals surface area contributed by atoms with E-state index in [0.29, 0.717) is 6.10 Å². The number of aliphatic hydroxyl groups is 1. The summed E-state index contributed by atoms with van der Waals surface area (Å²) in [6.45, 7) is 5.95. The number of hydrogen-bond acceptors (Lipinski definition) is 4. The molecule has 2 heterocycles. The Hall–Kier alpha value is -0.860. The molecule has 1 saturated heterocycles. The van der Waals surface area contributed by atoms with Crippen LogP contribution in [0.2, 0.25) is 0 Å². The normalized spacial score (nSPS) is 20.0. The fourth-order valence-electron chi connectivity index (χ4n) is 2.41. The minimum atomic E-state index is -0.0740. The van der Waals surface area contributed by atoms with Gasteiger partial charge in [-0.15, -0.1) is 11.3 Å². The van der Waals surface area contributed by atoms with E-state index in [1.54, 1.807) is 11.3 Å². The maximum atomic E-state index is 8.68. The summed E-state index contributed by atoms with van der Waals surface area (Å²) in [6, 6.07) is 4.17. The second kappa shape index (κ2) is 7.66. The zero-order chi connectivity index (χ0) is 13.5. The zero-order valence-corrected chi connectivity index (χ0v) is 12.2. The third-order valence-electron chi connectivity index (χ3n) is 3.20. The van der Waals surface area contributed by atoms with Crippen molar-refractivity contribution in [3.05, 3.63) is 21.9 Å². The molecule has 1 aromatic rings. The van der Waals surface area contributed by atoms with Gasteiger partial charge in [-0.1, -0.05) is 11.8 Å².